The Morgan fingerprint density at radius 3 is 3.05 bits per heavy atom. The zero-order valence-electron chi connectivity index (χ0n) is 13.7. The van der Waals surface area contributed by atoms with Gasteiger partial charge in [0.05, 0.1) is 6.54 Å². The molecule has 0 saturated carbocycles. The minimum atomic E-state index is 0.644. The third kappa shape index (κ3) is 3.33. The van der Waals surface area contributed by atoms with Crippen LogP contribution in [0.3, 0.4) is 0 Å². The van der Waals surface area contributed by atoms with Gasteiger partial charge in [-0.1, -0.05) is 6.92 Å². The molecule has 21 heavy (non-hydrogen) atoms. The van der Waals surface area contributed by atoms with Crippen molar-refractivity contribution in [1.82, 2.24) is 15.1 Å². The molecule has 0 amide bonds. The fourth-order valence-corrected chi connectivity index (χ4v) is 3.77. The normalized spacial score (nSPS) is 27.2. The van der Waals surface area contributed by atoms with E-state index in [9.17, 15) is 0 Å². The summed E-state index contributed by atoms with van der Waals surface area (Å²) in [6.45, 7) is 13.2. The number of rotatable bonds is 5. The fraction of sp³-hybridized carbons (Fsp3) is 0.765. The molecule has 4 heteroatoms. The molecule has 0 aromatic carbocycles. The van der Waals surface area contributed by atoms with Crippen molar-refractivity contribution in [2.24, 2.45) is 0 Å². The summed E-state index contributed by atoms with van der Waals surface area (Å²) >= 11 is 0. The third-order valence-electron chi connectivity index (χ3n) is 5.06. The highest BCUT2D eigenvalue weighted by Gasteiger charge is 2.34. The lowest BCUT2D eigenvalue weighted by Crippen LogP contribution is -2.54. The van der Waals surface area contributed by atoms with Gasteiger partial charge in [0, 0.05) is 37.3 Å². The number of hydrogen-bond acceptors (Lipinski definition) is 4. The van der Waals surface area contributed by atoms with E-state index in [1.165, 1.54) is 38.0 Å². The SMILES string of the molecule is CCNCc1cc(CN2CC3CCCN3CC2C)c(C)o1. The van der Waals surface area contributed by atoms with E-state index in [-0.39, 0.29) is 0 Å². The molecule has 0 spiro atoms. The maximum absolute atomic E-state index is 5.88. The molecule has 1 aromatic rings. The van der Waals surface area contributed by atoms with Gasteiger partial charge in [-0.05, 0) is 45.8 Å². The molecule has 118 valence electrons. The van der Waals surface area contributed by atoms with E-state index in [4.69, 9.17) is 4.42 Å². The molecule has 0 bridgehead atoms. The van der Waals surface area contributed by atoms with Crippen molar-refractivity contribution in [2.75, 3.05) is 26.2 Å². The molecule has 2 aliphatic rings. The van der Waals surface area contributed by atoms with E-state index < -0.39 is 0 Å². The maximum Gasteiger partial charge on any atom is 0.118 e. The second-order valence-corrected chi connectivity index (χ2v) is 6.64. The summed E-state index contributed by atoms with van der Waals surface area (Å²) in [5, 5.41) is 3.33. The van der Waals surface area contributed by atoms with Crippen LogP contribution < -0.4 is 5.32 Å². The second-order valence-electron chi connectivity index (χ2n) is 6.64. The Morgan fingerprint density at radius 2 is 2.24 bits per heavy atom. The molecular formula is C17H29N3O. The second kappa shape index (κ2) is 6.51. The van der Waals surface area contributed by atoms with E-state index in [0.717, 1.165) is 37.2 Å². The van der Waals surface area contributed by atoms with Crippen molar-refractivity contribution in [1.29, 1.82) is 0 Å². The van der Waals surface area contributed by atoms with Crippen LogP contribution >= 0.6 is 0 Å². The van der Waals surface area contributed by atoms with Gasteiger partial charge < -0.3 is 9.73 Å². The molecule has 2 saturated heterocycles. The molecule has 2 fully saturated rings. The quantitative estimate of drug-likeness (QED) is 0.902. The number of piperazine rings is 1. The molecule has 0 aliphatic carbocycles. The summed E-state index contributed by atoms with van der Waals surface area (Å²) in [5.41, 5.74) is 1.36. The third-order valence-corrected chi connectivity index (χ3v) is 5.06. The largest absolute Gasteiger partial charge is 0.465 e. The molecular weight excluding hydrogens is 262 g/mol. The molecule has 1 N–H and O–H groups in total. The van der Waals surface area contributed by atoms with E-state index in [1.54, 1.807) is 0 Å². The zero-order chi connectivity index (χ0) is 14.8. The van der Waals surface area contributed by atoms with Crippen molar-refractivity contribution < 1.29 is 4.42 Å². The fourth-order valence-electron chi connectivity index (χ4n) is 3.77. The van der Waals surface area contributed by atoms with Gasteiger partial charge in [0.1, 0.15) is 11.5 Å². The summed E-state index contributed by atoms with van der Waals surface area (Å²) in [6.07, 6.45) is 2.75. The van der Waals surface area contributed by atoms with E-state index in [1.807, 2.05) is 0 Å². The van der Waals surface area contributed by atoms with Crippen LogP contribution in [0.1, 0.15) is 43.8 Å². The highest BCUT2D eigenvalue weighted by Crippen LogP contribution is 2.27. The van der Waals surface area contributed by atoms with Gasteiger partial charge in [0.15, 0.2) is 0 Å². The number of nitrogens with zero attached hydrogens (tertiary/aromatic N) is 2. The van der Waals surface area contributed by atoms with Crippen LogP contribution in [0.15, 0.2) is 10.5 Å². The molecule has 1 aromatic heterocycles. The van der Waals surface area contributed by atoms with Crippen molar-refractivity contribution in [3.8, 4) is 0 Å². The van der Waals surface area contributed by atoms with Gasteiger partial charge in [0.2, 0.25) is 0 Å². The van der Waals surface area contributed by atoms with E-state index in [2.05, 4.69) is 42.0 Å². The predicted molar refractivity (Wildman–Crippen MR) is 85.3 cm³/mol. The summed E-state index contributed by atoms with van der Waals surface area (Å²) in [5.74, 6) is 2.15. The lowest BCUT2D eigenvalue weighted by molar-refractivity contribution is 0.0537. The van der Waals surface area contributed by atoms with Crippen LogP contribution in [0.2, 0.25) is 0 Å². The molecule has 3 rings (SSSR count). The average Bonchev–Trinajstić information content (AvgIpc) is 3.04. The van der Waals surface area contributed by atoms with Gasteiger partial charge in [0.25, 0.3) is 0 Å². The Bertz CT molecular complexity index is 471. The first-order chi connectivity index (χ1) is 10.2. The van der Waals surface area contributed by atoms with Crippen molar-refractivity contribution >= 4 is 0 Å². The van der Waals surface area contributed by atoms with E-state index in [0.29, 0.717) is 6.04 Å². The minimum Gasteiger partial charge on any atom is -0.465 e. The van der Waals surface area contributed by atoms with Crippen LogP contribution in [-0.4, -0.2) is 48.1 Å². The average molecular weight is 291 g/mol. The summed E-state index contributed by atoms with van der Waals surface area (Å²) in [6, 6.07) is 3.67. The number of aryl methyl sites for hydroxylation is 1. The standard InChI is InChI=1S/C17H29N3O/c1-4-18-9-17-8-15(14(3)21-17)11-20-12-16-6-5-7-19(16)10-13(20)2/h8,13,16,18H,4-7,9-12H2,1-3H3. The Morgan fingerprint density at radius 1 is 1.38 bits per heavy atom. The first kappa shape index (κ1) is 15.1. The van der Waals surface area contributed by atoms with Gasteiger partial charge in [-0.3, -0.25) is 9.80 Å². The van der Waals surface area contributed by atoms with Crippen LogP contribution in [0, 0.1) is 6.92 Å². The van der Waals surface area contributed by atoms with Crippen LogP contribution in [0.5, 0.6) is 0 Å². The first-order valence-electron chi connectivity index (χ1n) is 8.44. The minimum absolute atomic E-state index is 0.644. The first-order valence-corrected chi connectivity index (χ1v) is 8.44. The molecule has 2 unspecified atom stereocenters. The molecule has 3 heterocycles. The Hall–Kier alpha value is -0.840. The lowest BCUT2D eigenvalue weighted by Gasteiger charge is -2.42. The number of hydrogen-bond donors (Lipinski definition) is 1. The molecule has 4 nitrogen and oxygen atoms in total. The maximum atomic E-state index is 5.88. The van der Waals surface area contributed by atoms with Gasteiger partial charge >= 0.3 is 0 Å². The highest BCUT2D eigenvalue weighted by atomic mass is 16.3. The van der Waals surface area contributed by atoms with E-state index >= 15 is 0 Å². The van der Waals surface area contributed by atoms with Gasteiger partial charge in [-0.2, -0.15) is 0 Å². The van der Waals surface area contributed by atoms with Gasteiger partial charge in [-0.15, -0.1) is 0 Å². The smallest absolute Gasteiger partial charge is 0.118 e. The molecule has 2 aliphatic heterocycles. The number of fused-ring (bicyclic) bond motifs is 1. The highest BCUT2D eigenvalue weighted by molar-refractivity contribution is 5.21. The zero-order valence-corrected chi connectivity index (χ0v) is 13.7. The summed E-state index contributed by atoms with van der Waals surface area (Å²) < 4.78 is 5.88. The topological polar surface area (TPSA) is 31.6 Å². The van der Waals surface area contributed by atoms with Crippen molar-refractivity contribution in [3.05, 3.63) is 23.2 Å². The number of furan rings is 1. The van der Waals surface area contributed by atoms with Crippen LogP contribution in [-0.2, 0) is 13.1 Å². The van der Waals surface area contributed by atoms with Crippen molar-refractivity contribution in [2.45, 2.75) is 58.8 Å². The van der Waals surface area contributed by atoms with Crippen LogP contribution in [0.25, 0.3) is 0 Å². The lowest BCUT2D eigenvalue weighted by atomic mass is 10.1. The molecule has 2 atom stereocenters. The predicted octanol–water partition coefficient (Wildman–Crippen LogP) is 2.37. The van der Waals surface area contributed by atoms with Crippen molar-refractivity contribution in [3.63, 3.8) is 0 Å². The summed E-state index contributed by atoms with van der Waals surface area (Å²) in [7, 11) is 0. The van der Waals surface area contributed by atoms with Crippen LogP contribution in [0.4, 0.5) is 0 Å². The molecule has 0 radical (unpaired) electrons. The summed E-state index contributed by atoms with van der Waals surface area (Å²) in [4.78, 5) is 5.32. The van der Waals surface area contributed by atoms with Gasteiger partial charge in [-0.25, -0.2) is 0 Å². The Labute approximate surface area is 128 Å². The Balaban J connectivity index is 1.64. The number of nitrogens with one attached hydrogen (secondary N) is 1. The monoisotopic (exact) mass is 291 g/mol. The Kier molecular flexibility index (Phi) is 4.67.